The van der Waals surface area contributed by atoms with Crippen molar-refractivity contribution < 1.29 is 4.74 Å². The minimum atomic E-state index is 0.737. The first-order valence-corrected chi connectivity index (χ1v) is 6.16. The van der Waals surface area contributed by atoms with E-state index in [4.69, 9.17) is 10.5 Å². The Morgan fingerprint density at radius 1 is 0.941 bits per heavy atom. The Bertz CT molecular complexity index is 535. The maximum absolute atomic E-state index is 5.82. The summed E-state index contributed by atoms with van der Waals surface area (Å²) in [6, 6.07) is 11.4. The molecule has 2 nitrogen and oxygen atoms in total. The summed E-state index contributed by atoms with van der Waals surface area (Å²) in [6.45, 7) is 4.11. The van der Waals surface area contributed by atoms with E-state index in [9.17, 15) is 0 Å². The zero-order valence-corrected chi connectivity index (χ0v) is 11.4. The van der Waals surface area contributed by atoms with Crippen molar-refractivity contribution in [1.82, 2.24) is 0 Å². The van der Waals surface area contributed by atoms with E-state index in [1.807, 2.05) is 43.3 Å². The lowest BCUT2D eigenvalue weighted by atomic mass is 10.1. The zero-order chi connectivity index (χ0) is 12.4. The molecule has 2 aromatic rings. The fourth-order valence-corrected chi connectivity index (χ4v) is 1.97. The summed E-state index contributed by atoms with van der Waals surface area (Å²) in [4.78, 5) is 0. The van der Waals surface area contributed by atoms with E-state index in [-0.39, 0.29) is 0 Å². The first kappa shape index (κ1) is 12.0. The molecule has 0 aliphatic carbocycles. The molecule has 88 valence electrons. The van der Waals surface area contributed by atoms with Crippen LogP contribution in [0.15, 0.2) is 40.9 Å². The van der Waals surface area contributed by atoms with Gasteiger partial charge in [0.05, 0.1) is 0 Å². The number of hydrogen-bond acceptors (Lipinski definition) is 2. The van der Waals surface area contributed by atoms with Crippen molar-refractivity contribution in [2.75, 3.05) is 5.73 Å². The maximum Gasteiger partial charge on any atom is 0.130 e. The van der Waals surface area contributed by atoms with Crippen LogP contribution in [0, 0.1) is 13.8 Å². The summed E-state index contributed by atoms with van der Waals surface area (Å²) in [5.41, 5.74) is 8.70. The first-order chi connectivity index (χ1) is 8.08. The van der Waals surface area contributed by atoms with Crippen molar-refractivity contribution in [2.45, 2.75) is 13.8 Å². The Hall–Kier alpha value is -1.48. The quantitative estimate of drug-likeness (QED) is 0.830. The third-order valence-electron chi connectivity index (χ3n) is 2.78. The van der Waals surface area contributed by atoms with E-state index >= 15 is 0 Å². The molecule has 0 saturated heterocycles. The molecule has 0 aromatic heterocycles. The van der Waals surface area contributed by atoms with Crippen molar-refractivity contribution in [3.63, 3.8) is 0 Å². The van der Waals surface area contributed by atoms with Gasteiger partial charge in [-0.1, -0.05) is 15.9 Å². The van der Waals surface area contributed by atoms with E-state index in [1.54, 1.807) is 0 Å². The van der Waals surface area contributed by atoms with E-state index in [2.05, 4.69) is 22.9 Å². The van der Waals surface area contributed by atoms with Crippen molar-refractivity contribution in [2.24, 2.45) is 0 Å². The van der Waals surface area contributed by atoms with Crippen LogP contribution in [0.3, 0.4) is 0 Å². The number of anilines is 1. The van der Waals surface area contributed by atoms with Gasteiger partial charge >= 0.3 is 0 Å². The molecular formula is C14H14BrNO. The summed E-state index contributed by atoms with van der Waals surface area (Å²) in [6.07, 6.45) is 0. The largest absolute Gasteiger partial charge is 0.457 e. The molecule has 0 fully saturated rings. The monoisotopic (exact) mass is 291 g/mol. The van der Waals surface area contributed by atoms with Crippen LogP contribution < -0.4 is 10.5 Å². The van der Waals surface area contributed by atoms with Gasteiger partial charge in [-0.15, -0.1) is 0 Å². The van der Waals surface area contributed by atoms with Crippen molar-refractivity contribution in [3.05, 3.63) is 52.0 Å². The summed E-state index contributed by atoms with van der Waals surface area (Å²) < 4.78 is 6.92. The molecule has 0 spiro atoms. The summed E-state index contributed by atoms with van der Waals surface area (Å²) in [7, 11) is 0. The van der Waals surface area contributed by atoms with Crippen LogP contribution >= 0.6 is 15.9 Å². The van der Waals surface area contributed by atoms with Gasteiger partial charge < -0.3 is 10.5 Å². The molecule has 0 saturated carbocycles. The predicted octanol–water partition coefficient (Wildman–Crippen LogP) is 4.44. The van der Waals surface area contributed by atoms with Gasteiger partial charge in [0.1, 0.15) is 11.5 Å². The molecular weight excluding hydrogens is 278 g/mol. The highest BCUT2D eigenvalue weighted by atomic mass is 79.9. The number of benzene rings is 2. The standard InChI is InChI=1S/C14H14BrNO/c1-9-10(2)14(8-7-13(9)15)17-12-5-3-11(16)4-6-12/h3-8H,16H2,1-2H3. The Labute approximate surface area is 110 Å². The third kappa shape index (κ3) is 2.61. The van der Waals surface area contributed by atoms with E-state index in [0.29, 0.717) is 0 Å². The normalized spacial score (nSPS) is 10.3. The fourth-order valence-electron chi connectivity index (χ4n) is 1.54. The van der Waals surface area contributed by atoms with Gasteiger partial charge in [-0.05, 0) is 61.4 Å². The van der Waals surface area contributed by atoms with Gasteiger partial charge in [0.25, 0.3) is 0 Å². The van der Waals surface area contributed by atoms with Crippen LogP contribution in [0.1, 0.15) is 11.1 Å². The van der Waals surface area contributed by atoms with Gasteiger partial charge in [-0.2, -0.15) is 0 Å². The second kappa shape index (κ2) is 4.80. The molecule has 0 atom stereocenters. The SMILES string of the molecule is Cc1c(Br)ccc(Oc2ccc(N)cc2)c1C. The first-order valence-electron chi connectivity index (χ1n) is 5.37. The minimum Gasteiger partial charge on any atom is -0.457 e. The molecule has 0 aliphatic heterocycles. The smallest absolute Gasteiger partial charge is 0.130 e. The van der Waals surface area contributed by atoms with Gasteiger partial charge in [-0.3, -0.25) is 0 Å². The number of halogens is 1. The second-order valence-electron chi connectivity index (χ2n) is 3.97. The van der Waals surface area contributed by atoms with Crippen LogP contribution in [0.4, 0.5) is 5.69 Å². The van der Waals surface area contributed by atoms with E-state index in [1.165, 1.54) is 5.56 Å². The minimum absolute atomic E-state index is 0.737. The molecule has 0 heterocycles. The van der Waals surface area contributed by atoms with Crippen LogP contribution in [-0.2, 0) is 0 Å². The van der Waals surface area contributed by atoms with E-state index in [0.717, 1.165) is 27.2 Å². The van der Waals surface area contributed by atoms with Crippen molar-refractivity contribution in [1.29, 1.82) is 0 Å². The molecule has 0 bridgehead atoms. The Morgan fingerprint density at radius 3 is 2.24 bits per heavy atom. The van der Waals surface area contributed by atoms with Gasteiger partial charge in [-0.25, -0.2) is 0 Å². The summed E-state index contributed by atoms with van der Waals surface area (Å²) >= 11 is 3.50. The number of nitrogen functional groups attached to an aromatic ring is 1. The van der Waals surface area contributed by atoms with Gasteiger partial charge in [0, 0.05) is 10.2 Å². The van der Waals surface area contributed by atoms with Crippen LogP contribution in [-0.4, -0.2) is 0 Å². The van der Waals surface area contributed by atoms with Crippen LogP contribution in [0.5, 0.6) is 11.5 Å². The van der Waals surface area contributed by atoms with E-state index < -0.39 is 0 Å². The predicted molar refractivity (Wildman–Crippen MR) is 74.5 cm³/mol. The van der Waals surface area contributed by atoms with Gasteiger partial charge in [0.15, 0.2) is 0 Å². The number of ether oxygens (including phenoxy) is 1. The highest BCUT2D eigenvalue weighted by molar-refractivity contribution is 9.10. The lowest BCUT2D eigenvalue weighted by molar-refractivity contribution is 0.478. The summed E-state index contributed by atoms with van der Waals surface area (Å²) in [5.74, 6) is 1.67. The maximum atomic E-state index is 5.82. The Morgan fingerprint density at radius 2 is 1.59 bits per heavy atom. The average Bonchev–Trinajstić information content (AvgIpc) is 2.33. The molecule has 0 radical (unpaired) electrons. The van der Waals surface area contributed by atoms with Crippen molar-refractivity contribution >= 4 is 21.6 Å². The fraction of sp³-hybridized carbons (Fsp3) is 0.143. The lowest BCUT2D eigenvalue weighted by Crippen LogP contribution is -1.91. The molecule has 2 rings (SSSR count). The Balaban J connectivity index is 2.30. The molecule has 0 unspecified atom stereocenters. The molecule has 17 heavy (non-hydrogen) atoms. The topological polar surface area (TPSA) is 35.2 Å². The molecule has 0 aliphatic rings. The van der Waals surface area contributed by atoms with Gasteiger partial charge in [0.2, 0.25) is 0 Å². The Kier molecular flexibility index (Phi) is 3.38. The second-order valence-corrected chi connectivity index (χ2v) is 4.82. The lowest BCUT2D eigenvalue weighted by Gasteiger charge is -2.11. The summed E-state index contributed by atoms with van der Waals surface area (Å²) in [5, 5.41) is 0. The number of nitrogens with two attached hydrogens (primary N) is 1. The van der Waals surface area contributed by atoms with Crippen molar-refractivity contribution in [3.8, 4) is 11.5 Å². The zero-order valence-electron chi connectivity index (χ0n) is 9.83. The highest BCUT2D eigenvalue weighted by Gasteiger charge is 2.06. The third-order valence-corrected chi connectivity index (χ3v) is 3.64. The molecule has 0 amide bonds. The molecule has 3 heteroatoms. The highest BCUT2D eigenvalue weighted by Crippen LogP contribution is 2.31. The molecule has 2 N–H and O–H groups in total. The molecule has 2 aromatic carbocycles. The number of rotatable bonds is 2. The average molecular weight is 292 g/mol. The van der Waals surface area contributed by atoms with Crippen LogP contribution in [0.25, 0.3) is 0 Å². The van der Waals surface area contributed by atoms with Crippen LogP contribution in [0.2, 0.25) is 0 Å². The number of hydrogen-bond donors (Lipinski definition) is 1.